The van der Waals surface area contributed by atoms with E-state index in [-0.39, 0.29) is 27.6 Å². The van der Waals surface area contributed by atoms with Crippen LogP contribution in [0.2, 0.25) is 0 Å². The molecule has 0 heterocycles. The molecule has 5 nitrogen and oxygen atoms in total. The second-order valence-electron chi connectivity index (χ2n) is 9.20. The maximum atomic E-state index is 11.1. The van der Waals surface area contributed by atoms with Crippen molar-refractivity contribution in [2.24, 2.45) is 0 Å². The van der Waals surface area contributed by atoms with Gasteiger partial charge in [-0.05, 0) is 67.8 Å². The first-order valence-corrected chi connectivity index (χ1v) is 16.4. The van der Waals surface area contributed by atoms with Gasteiger partial charge in [-0.2, -0.15) is 0 Å². The molecule has 0 bridgehead atoms. The number of benzene rings is 4. The molecule has 1 atom stereocenters. The Morgan fingerprint density at radius 2 is 1.22 bits per heavy atom. The molecular formula is C34H38O5S2. The van der Waals surface area contributed by atoms with Gasteiger partial charge in [0, 0.05) is 0 Å². The standard InChI is InChI=1S/C18H15S.C16H24O5S/c1-4-10-16(11-5-1)19(17-12-6-2-7-13-17)18-14-8-3-9-15-18;1-3-5-9-14(20-4-2)10-8-13-21-15-11-6-7-12-16(15)22(17,18)19/h1-15H;4,6-7,11-12,14H,2-3,5,8-10,13H2,1H3,(H,17,18,19)/q+1;/p-1. The second kappa shape index (κ2) is 17.3. The highest BCUT2D eigenvalue weighted by molar-refractivity contribution is 7.97. The molecule has 0 fully saturated rings. The van der Waals surface area contributed by atoms with Gasteiger partial charge in [0.15, 0.2) is 14.7 Å². The highest BCUT2D eigenvalue weighted by Gasteiger charge is 2.27. The van der Waals surface area contributed by atoms with E-state index in [2.05, 4.69) is 104 Å². The Labute approximate surface area is 248 Å². The largest absolute Gasteiger partial charge is 0.744 e. The molecule has 0 N–H and O–H groups in total. The normalized spacial score (nSPS) is 11.7. The minimum atomic E-state index is -4.52. The highest BCUT2D eigenvalue weighted by atomic mass is 32.2. The third kappa shape index (κ3) is 10.8. The Kier molecular flexibility index (Phi) is 13.5. The molecule has 4 aromatic carbocycles. The third-order valence-corrected chi connectivity index (χ3v) is 9.26. The number of para-hydroxylation sites is 1. The van der Waals surface area contributed by atoms with Gasteiger partial charge >= 0.3 is 0 Å². The van der Waals surface area contributed by atoms with E-state index in [1.165, 1.54) is 39.1 Å². The molecule has 0 saturated carbocycles. The third-order valence-electron chi connectivity index (χ3n) is 6.15. The smallest absolute Gasteiger partial charge is 0.166 e. The van der Waals surface area contributed by atoms with Crippen molar-refractivity contribution >= 4 is 21.0 Å². The number of unbranched alkanes of at least 4 members (excludes halogenated alkanes) is 1. The minimum absolute atomic E-state index is 0.0146. The zero-order chi connectivity index (χ0) is 29.3. The predicted molar refractivity (Wildman–Crippen MR) is 165 cm³/mol. The SMILES string of the molecule is C=COC(CCCC)CCCOc1ccccc1S(=O)(=O)[O-].c1ccc([S+](c2ccccc2)c2ccccc2)cc1. The van der Waals surface area contributed by atoms with Gasteiger partial charge < -0.3 is 14.0 Å². The molecule has 0 spiro atoms. The van der Waals surface area contributed by atoms with E-state index in [1.54, 1.807) is 6.07 Å². The molecule has 4 rings (SSSR count). The Hall–Kier alpha value is -3.52. The molecule has 0 saturated heterocycles. The van der Waals surface area contributed by atoms with Crippen LogP contribution in [0, 0.1) is 0 Å². The molecule has 4 aromatic rings. The van der Waals surface area contributed by atoms with Gasteiger partial charge in [-0.25, -0.2) is 8.42 Å². The molecular weight excluding hydrogens is 553 g/mol. The van der Waals surface area contributed by atoms with Crippen LogP contribution >= 0.6 is 0 Å². The van der Waals surface area contributed by atoms with Crippen LogP contribution < -0.4 is 4.74 Å². The van der Waals surface area contributed by atoms with E-state index < -0.39 is 10.1 Å². The zero-order valence-electron chi connectivity index (χ0n) is 23.4. The molecule has 0 aliphatic heterocycles. The summed E-state index contributed by atoms with van der Waals surface area (Å²) in [6.07, 6.45) is 6.17. The zero-order valence-corrected chi connectivity index (χ0v) is 25.1. The van der Waals surface area contributed by atoms with Crippen LogP contribution in [-0.2, 0) is 25.7 Å². The summed E-state index contributed by atoms with van der Waals surface area (Å²) in [7, 11) is -4.54. The number of hydrogen-bond donors (Lipinski definition) is 0. The second-order valence-corrected chi connectivity index (χ2v) is 12.6. The van der Waals surface area contributed by atoms with Crippen molar-refractivity contribution in [1.29, 1.82) is 0 Å². The Bertz CT molecular complexity index is 1300. The van der Waals surface area contributed by atoms with E-state index in [9.17, 15) is 13.0 Å². The van der Waals surface area contributed by atoms with Crippen molar-refractivity contribution in [1.82, 2.24) is 0 Å². The van der Waals surface area contributed by atoms with Gasteiger partial charge in [-0.1, -0.05) is 93.1 Å². The average Bonchev–Trinajstić information content (AvgIpc) is 3.00. The molecule has 41 heavy (non-hydrogen) atoms. The maximum absolute atomic E-state index is 11.1. The fourth-order valence-electron chi connectivity index (χ4n) is 4.20. The average molecular weight is 591 g/mol. The lowest BCUT2D eigenvalue weighted by atomic mass is 10.1. The van der Waals surface area contributed by atoms with Gasteiger partial charge in [0.05, 0.1) is 34.8 Å². The fourth-order valence-corrected chi connectivity index (χ4v) is 6.92. The molecule has 0 amide bonds. The van der Waals surface area contributed by atoms with Crippen molar-refractivity contribution in [3.8, 4) is 5.75 Å². The van der Waals surface area contributed by atoms with Crippen LogP contribution in [0.15, 0.2) is 148 Å². The van der Waals surface area contributed by atoms with Crippen molar-refractivity contribution in [3.05, 3.63) is 128 Å². The Balaban J connectivity index is 0.000000227. The van der Waals surface area contributed by atoms with Gasteiger partial charge in [0.2, 0.25) is 0 Å². The monoisotopic (exact) mass is 590 g/mol. The number of rotatable bonds is 14. The van der Waals surface area contributed by atoms with Crippen molar-refractivity contribution < 1.29 is 22.4 Å². The summed E-state index contributed by atoms with van der Waals surface area (Å²) in [4.78, 5) is 3.76. The van der Waals surface area contributed by atoms with E-state index in [0.717, 1.165) is 25.7 Å². The summed E-state index contributed by atoms with van der Waals surface area (Å²) in [6, 6.07) is 38.0. The van der Waals surface area contributed by atoms with Crippen molar-refractivity contribution in [3.63, 3.8) is 0 Å². The van der Waals surface area contributed by atoms with Crippen molar-refractivity contribution in [2.45, 2.75) is 64.7 Å². The van der Waals surface area contributed by atoms with Gasteiger partial charge in [-0.3, -0.25) is 0 Å². The fraction of sp³-hybridized carbons (Fsp3) is 0.235. The summed E-state index contributed by atoms with van der Waals surface area (Å²) in [5, 5.41) is 0. The summed E-state index contributed by atoms with van der Waals surface area (Å²) in [5.74, 6) is 0.104. The first kappa shape index (κ1) is 32.0. The van der Waals surface area contributed by atoms with E-state index in [1.807, 2.05) is 0 Å². The summed E-state index contributed by atoms with van der Waals surface area (Å²) in [5.41, 5.74) is 0. The minimum Gasteiger partial charge on any atom is -0.744 e. The first-order chi connectivity index (χ1) is 19.9. The predicted octanol–water partition coefficient (Wildman–Crippen LogP) is 8.25. The van der Waals surface area contributed by atoms with Crippen LogP contribution in [0.4, 0.5) is 0 Å². The molecule has 0 aromatic heterocycles. The molecule has 216 valence electrons. The summed E-state index contributed by atoms with van der Waals surface area (Å²) in [6.45, 7) is 6.02. The quantitative estimate of drug-likeness (QED) is 0.0640. The van der Waals surface area contributed by atoms with E-state index in [0.29, 0.717) is 13.0 Å². The van der Waals surface area contributed by atoms with Crippen LogP contribution in [-0.4, -0.2) is 25.7 Å². The highest BCUT2D eigenvalue weighted by Crippen LogP contribution is 2.30. The van der Waals surface area contributed by atoms with Gasteiger partial charge in [-0.15, -0.1) is 0 Å². The maximum Gasteiger partial charge on any atom is 0.166 e. The molecule has 0 radical (unpaired) electrons. The topological polar surface area (TPSA) is 75.7 Å². The Morgan fingerprint density at radius 1 is 0.756 bits per heavy atom. The number of ether oxygens (including phenoxy) is 2. The summed E-state index contributed by atoms with van der Waals surface area (Å²) >= 11 is 0. The van der Waals surface area contributed by atoms with E-state index >= 15 is 0 Å². The molecule has 0 aliphatic carbocycles. The lowest BCUT2D eigenvalue weighted by molar-refractivity contribution is 0.117. The van der Waals surface area contributed by atoms with Gasteiger partial charge in [0.25, 0.3) is 0 Å². The Morgan fingerprint density at radius 3 is 1.68 bits per heavy atom. The lowest BCUT2D eigenvalue weighted by Crippen LogP contribution is -2.12. The van der Waals surface area contributed by atoms with Crippen LogP contribution in [0.5, 0.6) is 5.75 Å². The van der Waals surface area contributed by atoms with Crippen LogP contribution in [0.25, 0.3) is 0 Å². The molecule has 1 unspecified atom stereocenters. The van der Waals surface area contributed by atoms with Gasteiger partial charge in [0.1, 0.15) is 15.9 Å². The van der Waals surface area contributed by atoms with Crippen LogP contribution in [0.3, 0.4) is 0 Å². The van der Waals surface area contributed by atoms with Crippen molar-refractivity contribution in [2.75, 3.05) is 6.61 Å². The van der Waals surface area contributed by atoms with E-state index in [4.69, 9.17) is 9.47 Å². The number of hydrogen-bond acceptors (Lipinski definition) is 5. The lowest BCUT2D eigenvalue weighted by Gasteiger charge is -2.17. The van der Waals surface area contributed by atoms with Crippen LogP contribution in [0.1, 0.15) is 39.0 Å². The molecule has 7 heteroatoms. The molecule has 0 aliphatic rings. The summed E-state index contributed by atoms with van der Waals surface area (Å²) < 4.78 is 44.3. The first-order valence-electron chi connectivity index (χ1n) is 13.8.